The zero-order chi connectivity index (χ0) is 19.4. The number of hydrogen-bond acceptors (Lipinski definition) is 5. The van der Waals surface area contributed by atoms with E-state index < -0.39 is 5.63 Å². The van der Waals surface area contributed by atoms with Crippen molar-refractivity contribution in [2.75, 3.05) is 7.11 Å². The van der Waals surface area contributed by atoms with E-state index in [2.05, 4.69) is 0 Å². The van der Waals surface area contributed by atoms with Crippen molar-refractivity contribution in [1.82, 2.24) is 0 Å². The van der Waals surface area contributed by atoms with Crippen molar-refractivity contribution >= 4 is 28.5 Å². The molecule has 1 aromatic heterocycles. The van der Waals surface area contributed by atoms with E-state index in [9.17, 15) is 9.59 Å². The Hall–Kier alpha value is -2.79. The SMILES string of the molecule is COC(=O)CCc1cc2c(C)cc(=O)oc2cc1OCc1ccccc1Cl. The fourth-order valence-electron chi connectivity index (χ4n) is 2.83. The predicted octanol–water partition coefficient (Wildman–Crippen LogP) is 4.44. The van der Waals surface area contributed by atoms with E-state index in [0.29, 0.717) is 22.8 Å². The van der Waals surface area contributed by atoms with E-state index in [1.807, 2.05) is 31.2 Å². The molecule has 0 aliphatic rings. The molecule has 0 bridgehead atoms. The number of hydrogen-bond donors (Lipinski definition) is 0. The van der Waals surface area contributed by atoms with Crippen molar-refractivity contribution in [2.45, 2.75) is 26.4 Å². The third kappa shape index (κ3) is 4.49. The summed E-state index contributed by atoms with van der Waals surface area (Å²) >= 11 is 6.19. The van der Waals surface area contributed by atoms with Gasteiger partial charge in [-0.15, -0.1) is 0 Å². The number of benzene rings is 2. The molecule has 0 amide bonds. The average Bonchev–Trinajstić information content (AvgIpc) is 2.65. The topological polar surface area (TPSA) is 65.7 Å². The highest BCUT2D eigenvalue weighted by Crippen LogP contribution is 2.29. The molecule has 6 heteroatoms. The Bertz CT molecular complexity index is 1040. The van der Waals surface area contributed by atoms with Gasteiger partial charge >= 0.3 is 11.6 Å². The van der Waals surface area contributed by atoms with E-state index >= 15 is 0 Å². The van der Waals surface area contributed by atoms with E-state index in [4.69, 9.17) is 25.5 Å². The van der Waals surface area contributed by atoms with Gasteiger partial charge in [0.05, 0.1) is 7.11 Å². The van der Waals surface area contributed by atoms with Crippen molar-refractivity contribution in [1.29, 1.82) is 0 Å². The summed E-state index contributed by atoms with van der Waals surface area (Å²) in [7, 11) is 1.36. The summed E-state index contributed by atoms with van der Waals surface area (Å²) < 4.78 is 16.0. The predicted molar refractivity (Wildman–Crippen MR) is 103 cm³/mol. The maximum absolute atomic E-state index is 11.7. The van der Waals surface area contributed by atoms with E-state index in [0.717, 1.165) is 22.1 Å². The zero-order valence-corrected chi connectivity index (χ0v) is 15.8. The third-order valence-corrected chi connectivity index (χ3v) is 4.67. The fraction of sp³-hybridized carbons (Fsp3) is 0.238. The van der Waals surface area contributed by atoms with Crippen LogP contribution in [0.15, 0.2) is 51.7 Å². The van der Waals surface area contributed by atoms with Gasteiger partial charge in [0.25, 0.3) is 0 Å². The van der Waals surface area contributed by atoms with Crippen molar-refractivity contribution in [3.05, 3.63) is 74.6 Å². The van der Waals surface area contributed by atoms with Crippen molar-refractivity contribution in [3.63, 3.8) is 0 Å². The largest absolute Gasteiger partial charge is 0.488 e. The molecule has 0 saturated carbocycles. The van der Waals surface area contributed by atoms with Gasteiger partial charge in [-0.1, -0.05) is 29.8 Å². The standard InChI is InChI=1S/C21H19ClO5/c1-13-9-21(24)27-19-11-18(26-12-15-5-3-4-6-17(15)22)14(10-16(13)19)7-8-20(23)25-2/h3-6,9-11H,7-8,12H2,1-2H3. The second-order valence-electron chi connectivity index (χ2n) is 6.16. The first-order valence-corrected chi connectivity index (χ1v) is 8.86. The van der Waals surface area contributed by atoms with Crippen LogP contribution in [0.3, 0.4) is 0 Å². The van der Waals surface area contributed by atoms with Gasteiger partial charge in [0.1, 0.15) is 17.9 Å². The molecule has 0 fully saturated rings. The first-order chi connectivity index (χ1) is 13.0. The lowest BCUT2D eigenvalue weighted by Gasteiger charge is -2.14. The van der Waals surface area contributed by atoms with Gasteiger partial charge in [0, 0.05) is 34.5 Å². The van der Waals surface area contributed by atoms with Crippen LogP contribution >= 0.6 is 11.6 Å². The molecule has 0 radical (unpaired) electrons. The van der Waals surface area contributed by atoms with E-state index in [-0.39, 0.29) is 19.0 Å². The molecule has 140 valence electrons. The van der Waals surface area contributed by atoms with Crippen molar-refractivity contribution in [3.8, 4) is 5.75 Å². The molecule has 0 atom stereocenters. The molecule has 2 aromatic carbocycles. The summed E-state index contributed by atoms with van der Waals surface area (Å²) in [5.41, 5.74) is 2.49. The Morgan fingerprint density at radius 3 is 2.67 bits per heavy atom. The summed E-state index contributed by atoms with van der Waals surface area (Å²) in [6.45, 7) is 2.10. The summed E-state index contributed by atoms with van der Waals surface area (Å²) in [5, 5.41) is 1.41. The third-order valence-electron chi connectivity index (χ3n) is 4.30. The number of esters is 1. The van der Waals surface area contributed by atoms with Crippen LogP contribution in [0, 0.1) is 6.92 Å². The van der Waals surface area contributed by atoms with Crippen LogP contribution in [0.4, 0.5) is 0 Å². The van der Waals surface area contributed by atoms with Crippen LogP contribution in [0.25, 0.3) is 11.0 Å². The minimum atomic E-state index is -0.417. The normalized spacial score (nSPS) is 10.8. The van der Waals surface area contributed by atoms with Gasteiger partial charge in [-0.3, -0.25) is 4.79 Å². The Morgan fingerprint density at radius 2 is 1.93 bits per heavy atom. The molecule has 0 spiro atoms. The number of rotatable bonds is 6. The number of fused-ring (bicyclic) bond motifs is 1. The van der Waals surface area contributed by atoms with Gasteiger partial charge in [-0.25, -0.2) is 4.79 Å². The number of carbonyl (C=O) groups excluding carboxylic acids is 1. The van der Waals surface area contributed by atoms with E-state index in [1.165, 1.54) is 13.2 Å². The Morgan fingerprint density at radius 1 is 1.15 bits per heavy atom. The lowest BCUT2D eigenvalue weighted by molar-refractivity contribution is -0.140. The van der Waals surface area contributed by atoms with Gasteiger partial charge in [-0.05, 0) is 36.6 Å². The molecule has 3 aromatic rings. The number of aryl methyl sites for hydroxylation is 2. The number of methoxy groups -OCH3 is 1. The van der Waals surface area contributed by atoms with Crippen LogP contribution < -0.4 is 10.4 Å². The highest BCUT2D eigenvalue weighted by molar-refractivity contribution is 6.31. The van der Waals surface area contributed by atoms with Crippen LogP contribution in [-0.4, -0.2) is 13.1 Å². The first kappa shape index (κ1) is 19.0. The highest BCUT2D eigenvalue weighted by atomic mass is 35.5. The summed E-state index contributed by atoms with van der Waals surface area (Å²) in [4.78, 5) is 23.2. The smallest absolute Gasteiger partial charge is 0.336 e. The molecular weight excluding hydrogens is 368 g/mol. The van der Waals surface area contributed by atoms with Crippen LogP contribution in [0.1, 0.15) is 23.1 Å². The fourth-order valence-corrected chi connectivity index (χ4v) is 3.02. The Balaban J connectivity index is 1.97. The molecule has 0 N–H and O–H groups in total. The molecule has 3 rings (SSSR count). The second-order valence-corrected chi connectivity index (χ2v) is 6.57. The minimum Gasteiger partial charge on any atom is -0.488 e. The molecule has 0 saturated heterocycles. The number of ether oxygens (including phenoxy) is 2. The van der Waals surface area contributed by atoms with Gasteiger partial charge in [0.15, 0.2) is 0 Å². The first-order valence-electron chi connectivity index (χ1n) is 8.48. The highest BCUT2D eigenvalue weighted by Gasteiger charge is 2.13. The maximum atomic E-state index is 11.7. The Kier molecular flexibility index (Phi) is 5.81. The average molecular weight is 387 g/mol. The quantitative estimate of drug-likeness (QED) is 0.463. The monoisotopic (exact) mass is 386 g/mol. The van der Waals surface area contributed by atoms with Gasteiger partial charge < -0.3 is 13.9 Å². The van der Waals surface area contributed by atoms with Crippen LogP contribution in [-0.2, 0) is 22.6 Å². The Labute approximate surface area is 161 Å². The molecule has 5 nitrogen and oxygen atoms in total. The lowest BCUT2D eigenvalue weighted by Crippen LogP contribution is -2.05. The molecule has 0 unspecified atom stereocenters. The molecule has 0 aliphatic carbocycles. The minimum absolute atomic E-state index is 0.223. The summed E-state index contributed by atoms with van der Waals surface area (Å²) in [6.07, 6.45) is 0.666. The molecular formula is C21H19ClO5. The van der Waals surface area contributed by atoms with Crippen molar-refractivity contribution < 1.29 is 18.7 Å². The maximum Gasteiger partial charge on any atom is 0.336 e. The van der Waals surface area contributed by atoms with Crippen molar-refractivity contribution in [2.24, 2.45) is 0 Å². The van der Waals surface area contributed by atoms with Gasteiger partial charge in [-0.2, -0.15) is 0 Å². The van der Waals surface area contributed by atoms with Crippen LogP contribution in [0.2, 0.25) is 5.02 Å². The molecule has 27 heavy (non-hydrogen) atoms. The number of carbonyl (C=O) groups is 1. The number of halogens is 1. The summed E-state index contributed by atoms with van der Waals surface area (Å²) in [6, 6.07) is 12.4. The summed E-state index contributed by atoms with van der Waals surface area (Å²) in [5.74, 6) is 0.239. The molecule has 1 heterocycles. The zero-order valence-electron chi connectivity index (χ0n) is 15.1. The second kappa shape index (κ2) is 8.27. The molecule has 0 aliphatic heterocycles. The van der Waals surface area contributed by atoms with Crippen LogP contribution in [0.5, 0.6) is 5.75 Å². The lowest BCUT2D eigenvalue weighted by atomic mass is 10.0. The van der Waals surface area contributed by atoms with Gasteiger partial charge in [0.2, 0.25) is 0 Å². The van der Waals surface area contributed by atoms with E-state index in [1.54, 1.807) is 12.1 Å².